The molecule has 1 fully saturated rings. The zero-order chi connectivity index (χ0) is 18.5. The lowest BCUT2D eigenvalue weighted by atomic mass is 9.95. The quantitative estimate of drug-likeness (QED) is 0.661. The molecule has 0 bridgehead atoms. The lowest BCUT2D eigenvalue weighted by Gasteiger charge is -2.25. The number of hydrogen-bond donors (Lipinski definition) is 1. The van der Waals surface area contributed by atoms with E-state index in [1.165, 1.54) is 6.42 Å². The standard InChI is InChI=1S/C21H24N2O3/c1-14-16(11-15-7-6-10-19(25-2)20(15)26-14)12-17(13-22)21(24)23-18-8-4-3-5-9-18/h6-7,10-12,14,18H,3-5,8-9H2,1-2H3,(H,23,24)/b17-12-. The summed E-state index contributed by atoms with van der Waals surface area (Å²) in [7, 11) is 1.60. The van der Waals surface area contributed by atoms with E-state index in [4.69, 9.17) is 9.47 Å². The van der Waals surface area contributed by atoms with Crippen LogP contribution >= 0.6 is 0 Å². The predicted molar refractivity (Wildman–Crippen MR) is 99.8 cm³/mol. The Hall–Kier alpha value is -2.74. The lowest BCUT2D eigenvalue weighted by Crippen LogP contribution is -2.37. The van der Waals surface area contributed by atoms with Crippen molar-refractivity contribution in [2.45, 2.75) is 51.2 Å². The number of fused-ring (bicyclic) bond motifs is 1. The molecule has 5 heteroatoms. The van der Waals surface area contributed by atoms with Gasteiger partial charge in [-0.05, 0) is 43.6 Å². The van der Waals surface area contributed by atoms with Crippen LogP contribution in [0, 0.1) is 11.3 Å². The van der Waals surface area contributed by atoms with Crippen molar-refractivity contribution in [3.63, 3.8) is 0 Å². The molecule has 1 atom stereocenters. The van der Waals surface area contributed by atoms with E-state index >= 15 is 0 Å². The van der Waals surface area contributed by atoms with Crippen LogP contribution in [0.3, 0.4) is 0 Å². The van der Waals surface area contributed by atoms with Gasteiger partial charge in [-0.1, -0.05) is 31.4 Å². The van der Waals surface area contributed by atoms with Crippen LogP contribution in [-0.2, 0) is 4.79 Å². The second-order valence-electron chi connectivity index (χ2n) is 6.76. The number of rotatable bonds is 4. The van der Waals surface area contributed by atoms with Crippen LogP contribution < -0.4 is 14.8 Å². The van der Waals surface area contributed by atoms with E-state index in [1.54, 1.807) is 13.2 Å². The van der Waals surface area contributed by atoms with E-state index in [2.05, 4.69) is 5.32 Å². The minimum absolute atomic E-state index is 0.114. The van der Waals surface area contributed by atoms with Crippen molar-refractivity contribution in [2.75, 3.05) is 7.11 Å². The minimum atomic E-state index is -0.302. The fourth-order valence-electron chi connectivity index (χ4n) is 3.46. The Morgan fingerprint density at radius 1 is 1.35 bits per heavy atom. The van der Waals surface area contributed by atoms with E-state index in [0.717, 1.165) is 36.8 Å². The van der Waals surface area contributed by atoms with Crippen LogP contribution in [0.5, 0.6) is 11.5 Å². The summed E-state index contributed by atoms with van der Waals surface area (Å²) in [6, 6.07) is 7.86. The minimum Gasteiger partial charge on any atom is -0.493 e. The van der Waals surface area contributed by atoms with Crippen LogP contribution in [-0.4, -0.2) is 25.2 Å². The molecule has 26 heavy (non-hydrogen) atoms. The molecule has 0 radical (unpaired) electrons. The van der Waals surface area contributed by atoms with Crippen molar-refractivity contribution in [3.05, 3.63) is 41.0 Å². The van der Waals surface area contributed by atoms with Gasteiger partial charge in [-0.15, -0.1) is 0 Å². The molecule has 0 saturated heterocycles. The molecular formula is C21H24N2O3. The third-order valence-corrected chi connectivity index (χ3v) is 4.93. The smallest absolute Gasteiger partial charge is 0.262 e. The van der Waals surface area contributed by atoms with Crippen LogP contribution in [0.4, 0.5) is 0 Å². The van der Waals surface area contributed by atoms with Gasteiger partial charge in [0, 0.05) is 11.6 Å². The Morgan fingerprint density at radius 2 is 2.12 bits per heavy atom. The highest BCUT2D eigenvalue weighted by atomic mass is 16.5. The number of para-hydroxylation sites is 1. The third-order valence-electron chi connectivity index (χ3n) is 4.93. The molecule has 1 aliphatic heterocycles. The molecule has 1 aromatic rings. The summed E-state index contributed by atoms with van der Waals surface area (Å²) in [5.74, 6) is 1.05. The summed E-state index contributed by atoms with van der Waals surface area (Å²) < 4.78 is 11.3. The number of amides is 1. The molecule has 2 aliphatic rings. The Kier molecular flexibility index (Phi) is 5.62. The van der Waals surface area contributed by atoms with Gasteiger partial charge >= 0.3 is 0 Å². The Labute approximate surface area is 154 Å². The van der Waals surface area contributed by atoms with Crippen LogP contribution in [0.2, 0.25) is 0 Å². The molecule has 1 N–H and O–H groups in total. The number of carbonyl (C=O) groups is 1. The van der Waals surface area contributed by atoms with Gasteiger partial charge in [0.25, 0.3) is 5.91 Å². The fourth-order valence-corrected chi connectivity index (χ4v) is 3.46. The van der Waals surface area contributed by atoms with Gasteiger partial charge < -0.3 is 14.8 Å². The van der Waals surface area contributed by atoms with Crippen molar-refractivity contribution < 1.29 is 14.3 Å². The molecule has 1 heterocycles. The van der Waals surface area contributed by atoms with Crippen molar-refractivity contribution in [1.82, 2.24) is 5.32 Å². The molecule has 1 saturated carbocycles. The Balaban J connectivity index is 1.82. The highest BCUT2D eigenvalue weighted by Gasteiger charge is 2.23. The van der Waals surface area contributed by atoms with Gasteiger partial charge in [-0.3, -0.25) is 4.79 Å². The van der Waals surface area contributed by atoms with Gasteiger partial charge in [0.15, 0.2) is 11.5 Å². The van der Waals surface area contributed by atoms with E-state index < -0.39 is 0 Å². The highest BCUT2D eigenvalue weighted by Crippen LogP contribution is 2.38. The van der Waals surface area contributed by atoms with Gasteiger partial charge in [0.05, 0.1) is 7.11 Å². The Morgan fingerprint density at radius 3 is 2.81 bits per heavy atom. The zero-order valence-corrected chi connectivity index (χ0v) is 15.2. The van der Waals surface area contributed by atoms with E-state index in [-0.39, 0.29) is 23.6 Å². The molecule has 1 unspecified atom stereocenters. The molecule has 1 aromatic carbocycles. The number of benzene rings is 1. The number of methoxy groups -OCH3 is 1. The number of carbonyl (C=O) groups excluding carboxylic acids is 1. The third kappa shape index (κ3) is 3.91. The topological polar surface area (TPSA) is 71.3 Å². The van der Waals surface area contributed by atoms with Gasteiger partial charge in [-0.2, -0.15) is 5.26 Å². The Bertz CT molecular complexity index is 783. The number of nitrogens with one attached hydrogen (secondary N) is 1. The maximum atomic E-state index is 12.5. The van der Waals surface area contributed by atoms with Crippen LogP contribution in [0.15, 0.2) is 35.4 Å². The number of hydrogen-bond acceptors (Lipinski definition) is 4. The molecule has 136 valence electrons. The largest absolute Gasteiger partial charge is 0.493 e. The second-order valence-corrected chi connectivity index (χ2v) is 6.76. The van der Waals surface area contributed by atoms with Crippen molar-refractivity contribution in [1.29, 1.82) is 5.26 Å². The first-order valence-corrected chi connectivity index (χ1v) is 9.10. The molecule has 3 rings (SSSR count). The normalized spacial score (nSPS) is 20.3. The average molecular weight is 352 g/mol. The van der Waals surface area contributed by atoms with Crippen LogP contribution in [0.25, 0.3) is 6.08 Å². The number of nitrogens with zero attached hydrogens (tertiary/aromatic N) is 1. The monoisotopic (exact) mass is 352 g/mol. The average Bonchev–Trinajstić information content (AvgIpc) is 2.66. The first kappa shape index (κ1) is 18.1. The molecule has 0 spiro atoms. The van der Waals surface area contributed by atoms with Gasteiger partial charge in [-0.25, -0.2) is 0 Å². The number of nitriles is 1. The predicted octanol–water partition coefficient (Wildman–Crippen LogP) is 3.76. The van der Waals surface area contributed by atoms with E-state index in [0.29, 0.717) is 11.5 Å². The van der Waals surface area contributed by atoms with Gasteiger partial charge in [0.1, 0.15) is 17.7 Å². The van der Waals surface area contributed by atoms with Crippen molar-refractivity contribution in [2.24, 2.45) is 0 Å². The lowest BCUT2D eigenvalue weighted by molar-refractivity contribution is -0.118. The molecule has 1 amide bonds. The molecule has 0 aromatic heterocycles. The summed E-state index contributed by atoms with van der Waals surface area (Å²) >= 11 is 0. The zero-order valence-electron chi connectivity index (χ0n) is 15.2. The summed E-state index contributed by atoms with van der Waals surface area (Å²) in [5, 5.41) is 12.4. The summed E-state index contributed by atoms with van der Waals surface area (Å²) in [4.78, 5) is 12.5. The first-order valence-electron chi connectivity index (χ1n) is 9.10. The summed E-state index contributed by atoms with van der Waals surface area (Å²) in [5.41, 5.74) is 1.78. The maximum Gasteiger partial charge on any atom is 0.262 e. The maximum absolute atomic E-state index is 12.5. The number of ether oxygens (including phenoxy) is 2. The van der Waals surface area contributed by atoms with Crippen molar-refractivity contribution >= 4 is 12.0 Å². The SMILES string of the molecule is COc1cccc2c1OC(C)C(/C=C(/C#N)C(=O)NC1CCCCC1)=C2. The molecule has 5 nitrogen and oxygen atoms in total. The molecule has 1 aliphatic carbocycles. The van der Waals surface area contributed by atoms with E-state index in [1.807, 2.05) is 37.3 Å². The summed E-state index contributed by atoms with van der Waals surface area (Å²) in [6.07, 6.45) is 8.75. The van der Waals surface area contributed by atoms with E-state index in [9.17, 15) is 10.1 Å². The van der Waals surface area contributed by atoms with Crippen molar-refractivity contribution in [3.8, 4) is 17.6 Å². The van der Waals surface area contributed by atoms with Crippen LogP contribution in [0.1, 0.15) is 44.6 Å². The molecular weight excluding hydrogens is 328 g/mol. The first-order chi connectivity index (χ1) is 12.6. The fraction of sp³-hybridized carbons (Fsp3) is 0.429. The van der Waals surface area contributed by atoms with Gasteiger partial charge in [0.2, 0.25) is 0 Å². The highest BCUT2D eigenvalue weighted by molar-refractivity contribution is 5.98. The summed E-state index contributed by atoms with van der Waals surface area (Å²) in [6.45, 7) is 1.89. The second kappa shape index (κ2) is 8.09.